The number of aromatic nitrogens is 2. The van der Waals surface area contributed by atoms with E-state index >= 15 is 0 Å². The standard InChI is InChI=1S/C13H17N3O2S/c14-11(12(17)18)7-9-2-1-3-10(6-9)8-19-13-15-4-5-16-13/h1-2,4-6,10-11H,3,7-8,14H2,(H,15,16)(H,17,18)/t10?,11-/m0/s1. The number of thioether (sulfide) groups is 1. The molecule has 0 spiro atoms. The molecule has 1 unspecified atom stereocenters. The van der Waals surface area contributed by atoms with Crippen LogP contribution in [0.4, 0.5) is 0 Å². The van der Waals surface area contributed by atoms with Gasteiger partial charge in [-0.15, -0.1) is 0 Å². The van der Waals surface area contributed by atoms with Gasteiger partial charge in [0.25, 0.3) is 0 Å². The first-order chi connectivity index (χ1) is 9.15. The van der Waals surface area contributed by atoms with Crippen molar-refractivity contribution in [3.63, 3.8) is 0 Å². The van der Waals surface area contributed by atoms with E-state index in [9.17, 15) is 4.79 Å². The average Bonchev–Trinajstić information content (AvgIpc) is 2.90. The van der Waals surface area contributed by atoms with Crippen LogP contribution in [0.2, 0.25) is 0 Å². The molecule has 0 aromatic carbocycles. The van der Waals surface area contributed by atoms with Gasteiger partial charge in [0.15, 0.2) is 5.16 Å². The molecule has 0 fully saturated rings. The van der Waals surface area contributed by atoms with Gasteiger partial charge in [-0.05, 0) is 24.3 Å². The zero-order chi connectivity index (χ0) is 13.7. The van der Waals surface area contributed by atoms with E-state index in [4.69, 9.17) is 10.8 Å². The highest BCUT2D eigenvalue weighted by Crippen LogP contribution is 2.25. The van der Waals surface area contributed by atoms with Crippen molar-refractivity contribution in [3.05, 3.63) is 36.2 Å². The second-order valence-electron chi connectivity index (χ2n) is 4.49. The molecular weight excluding hydrogens is 262 g/mol. The second kappa shape index (κ2) is 6.58. The summed E-state index contributed by atoms with van der Waals surface area (Å²) < 4.78 is 0. The van der Waals surface area contributed by atoms with E-state index in [0.29, 0.717) is 12.3 Å². The van der Waals surface area contributed by atoms with E-state index in [0.717, 1.165) is 22.9 Å². The highest BCUT2D eigenvalue weighted by molar-refractivity contribution is 7.99. The molecule has 1 aliphatic rings. The Morgan fingerprint density at radius 2 is 2.53 bits per heavy atom. The number of carbonyl (C=O) groups is 1. The molecule has 0 amide bonds. The second-order valence-corrected chi connectivity index (χ2v) is 5.50. The number of nitrogens with two attached hydrogens (primary N) is 1. The highest BCUT2D eigenvalue weighted by atomic mass is 32.2. The van der Waals surface area contributed by atoms with Crippen LogP contribution in [0.1, 0.15) is 12.8 Å². The molecule has 4 N–H and O–H groups in total. The van der Waals surface area contributed by atoms with Gasteiger partial charge < -0.3 is 15.8 Å². The maximum absolute atomic E-state index is 10.7. The zero-order valence-electron chi connectivity index (χ0n) is 10.5. The van der Waals surface area contributed by atoms with E-state index in [1.807, 2.05) is 6.08 Å². The van der Waals surface area contributed by atoms with E-state index in [1.165, 1.54) is 0 Å². The molecule has 0 radical (unpaired) electrons. The summed E-state index contributed by atoms with van der Waals surface area (Å²) in [6.45, 7) is 0. The van der Waals surface area contributed by atoms with E-state index < -0.39 is 12.0 Å². The topological polar surface area (TPSA) is 92.0 Å². The largest absolute Gasteiger partial charge is 0.480 e. The van der Waals surface area contributed by atoms with Crippen LogP contribution in [0.15, 0.2) is 41.4 Å². The fraction of sp³-hybridized carbons (Fsp3) is 0.385. The summed E-state index contributed by atoms with van der Waals surface area (Å²) in [4.78, 5) is 18.0. The number of nitrogens with one attached hydrogen (secondary N) is 1. The summed E-state index contributed by atoms with van der Waals surface area (Å²) >= 11 is 1.67. The van der Waals surface area contributed by atoms with Crippen molar-refractivity contribution in [3.8, 4) is 0 Å². The number of aliphatic carboxylic acids is 1. The summed E-state index contributed by atoms with van der Waals surface area (Å²) in [6.07, 6.45) is 11.1. The number of carboxylic acid groups (broad SMARTS) is 1. The number of imidazole rings is 1. The molecule has 2 atom stereocenters. The average molecular weight is 279 g/mol. The van der Waals surface area contributed by atoms with Crippen molar-refractivity contribution in [2.45, 2.75) is 24.0 Å². The Balaban J connectivity index is 1.87. The molecule has 1 aromatic heterocycles. The van der Waals surface area contributed by atoms with Crippen LogP contribution < -0.4 is 5.73 Å². The van der Waals surface area contributed by atoms with Crippen LogP contribution in [0.25, 0.3) is 0 Å². The van der Waals surface area contributed by atoms with E-state index in [-0.39, 0.29) is 0 Å². The predicted octanol–water partition coefficient (Wildman–Crippen LogP) is 1.81. The molecule has 0 aliphatic heterocycles. The van der Waals surface area contributed by atoms with Crippen LogP contribution in [-0.4, -0.2) is 32.8 Å². The van der Waals surface area contributed by atoms with Gasteiger partial charge in [-0.3, -0.25) is 4.79 Å². The highest BCUT2D eigenvalue weighted by Gasteiger charge is 2.16. The third-order valence-corrected chi connectivity index (χ3v) is 3.99. The lowest BCUT2D eigenvalue weighted by molar-refractivity contribution is -0.138. The predicted molar refractivity (Wildman–Crippen MR) is 74.9 cm³/mol. The molecule has 0 saturated carbocycles. The maximum Gasteiger partial charge on any atom is 0.320 e. The lowest BCUT2D eigenvalue weighted by Crippen LogP contribution is -2.30. The first-order valence-electron chi connectivity index (χ1n) is 6.13. The van der Waals surface area contributed by atoms with E-state index in [2.05, 4.69) is 22.1 Å². The number of hydrogen-bond acceptors (Lipinski definition) is 4. The molecule has 2 rings (SSSR count). The quantitative estimate of drug-likeness (QED) is 0.691. The summed E-state index contributed by atoms with van der Waals surface area (Å²) in [5.74, 6) is 0.362. The Hall–Kier alpha value is -1.53. The van der Waals surface area contributed by atoms with Crippen molar-refractivity contribution < 1.29 is 9.90 Å². The molecule has 19 heavy (non-hydrogen) atoms. The number of rotatable bonds is 6. The summed E-state index contributed by atoms with van der Waals surface area (Å²) in [7, 11) is 0. The molecule has 1 aliphatic carbocycles. The third kappa shape index (κ3) is 4.25. The summed E-state index contributed by atoms with van der Waals surface area (Å²) in [5, 5.41) is 9.72. The first kappa shape index (κ1) is 13.9. The minimum absolute atomic E-state index is 0.383. The van der Waals surface area contributed by atoms with Crippen LogP contribution in [0, 0.1) is 5.92 Å². The normalized spacial score (nSPS) is 20.1. The number of H-pyrrole nitrogens is 1. The Morgan fingerprint density at radius 3 is 3.21 bits per heavy atom. The lowest BCUT2D eigenvalue weighted by atomic mass is 9.94. The van der Waals surface area contributed by atoms with Crippen LogP contribution in [-0.2, 0) is 4.79 Å². The van der Waals surface area contributed by atoms with Crippen molar-refractivity contribution in [1.29, 1.82) is 0 Å². The van der Waals surface area contributed by atoms with E-state index in [1.54, 1.807) is 24.2 Å². The van der Waals surface area contributed by atoms with Gasteiger partial charge in [0.05, 0.1) is 0 Å². The van der Waals surface area contributed by atoms with Crippen molar-refractivity contribution in [2.75, 3.05) is 5.75 Å². The van der Waals surface area contributed by atoms with Gasteiger partial charge >= 0.3 is 5.97 Å². The molecule has 0 saturated heterocycles. The van der Waals surface area contributed by atoms with Gasteiger partial charge in [-0.2, -0.15) is 0 Å². The number of carboxylic acids is 1. The molecule has 102 valence electrons. The van der Waals surface area contributed by atoms with Gasteiger partial charge in [-0.25, -0.2) is 4.98 Å². The first-order valence-corrected chi connectivity index (χ1v) is 7.11. The van der Waals surface area contributed by atoms with Crippen LogP contribution >= 0.6 is 11.8 Å². The minimum atomic E-state index is -0.957. The van der Waals surface area contributed by atoms with Gasteiger partial charge in [0, 0.05) is 18.1 Å². The Morgan fingerprint density at radius 1 is 1.68 bits per heavy atom. The maximum atomic E-state index is 10.7. The van der Waals surface area contributed by atoms with Crippen molar-refractivity contribution >= 4 is 17.7 Å². The molecule has 5 nitrogen and oxygen atoms in total. The molecule has 1 aromatic rings. The molecule has 0 bridgehead atoms. The summed E-state index contributed by atoms with van der Waals surface area (Å²) in [6, 6.07) is -0.827. The van der Waals surface area contributed by atoms with Gasteiger partial charge in [0.2, 0.25) is 0 Å². The Kier molecular flexibility index (Phi) is 4.81. The van der Waals surface area contributed by atoms with Crippen molar-refractivity contribution in [1.82, 2.24) is 9.97 Å². The minimum Gasteiger partial charge on any atom is -0.480 e. The SMILES string of the molecule is N[C@@H](CC1=CC(CSc2ncc[nH]2)CC=C1)C(=O)O. The molecular formula is C13H17N3O2S. The third-order valence-electron chi connectivity index (χ3n) is 2.90. The van der Waals surface area contributed by atoms with Crippen LogP contribution in [0.5, 0.6) is 0 Å². The summed E-state index contributed by atoms with van der Waals surface area (Å²) in [5.41, 5.74) is 6.56. The zero-order valence-corrected chi connectivity index (χ0v) is 11.3. The lowest BCUT2D eigenvalue weighted by Gasteiger charge is -2.17. The number of nitrogens with zero attached hydrogens (tertiary/aromatic N) is 1. The van der Waals surface area contributed by atoms with Gasteiger partial charge in [-0.1, -0.05) is 30.0 Å². The number of allylic oxidation sites excluding steroid dienone is 3. The number of aromatic amines is 1. The smallest absolute Gasteiger partial charge is 0.320 e. The Labute approximate surface area is 116 Å². The van der Waals surface area contributed by atoms with Crippen LogP contribution in [0.3, 0.4) is 0 Å². The fourth-order valence-corrected chi connectivity index (χ4v) is 2.82. The van der Waals surface area contributed by atoms with Crippen molar-refractivity contribution in [2.24, 2.45) is 11.7 Å². The fourth-order valence-electron chi connectivity index (χ4n) is 1.93. The number of hydrogen-bond donors (Lipinski definition) is 3. The Bertz CT molecular complexity index is 482. The van der Waals surface area contributed by atoms with Gasteiger partial charge in [0.1, 0.15) is 6.04 Å². The monoisotopic (exact) mass is 279 g/mol. The molecule has 1 heterocycles. The molecule has 6 heteroatoms.